The van der Waals surface area contributed by atoms with E-state index in [-0.39, 0.29) is 0 Å². The van der Waals surface area contributed by atoms with Crippen molar-refractivity contribution in [2.75, 3.05) is 24.6 Å². The third kappa shape index (κ3) is 2.11. The highest BCUT2D eigenvalue weighted by Gasteiger charge is 2.40. The number of carbonyl (C=O) groups is 1. The molecule has 16 heavy (non-hydrogen) atoms. The molecule has 3 atom stereocenters. The van der Waals surface area contributed by atoms with Crippen molar-refractivity contribution in [1.29, 1.82) is 0 Å². The molecule has 2 nitrogen and oxygen atoms in total. The minimum atomic E-state index is 0.442. The van der Waals surface area contributed by atoms with Gasteiger partial charge in [-0.15, -0.1) is 0 Å². The van der Waals surface area contributed by atoms with E-state index in [1.54, 1.807) is 0 Å². The molecule has 1 saturated heterocycles. The van der Waals surface area contributed by atoms with E-state index in [1.807, 2.05) is 11.8 Å². The standard InChI is InChI=1S/C13H21NOS/c15-13(14-3-5-16-6-4-14)9-12-8-10-1-2-11(12)7-10/h10-12H,1-9H2. The second kappa shape index (κ2) is 4.59. The van der Waals surface area contributed by atoms with Gasteiger partial charge in [-0.3, -0.25) is 4.79 Å². The Kier molecular flexibility index (Phi) is 3.14. The maximum absolute atomic E-state index is 12.1. The van der Waals surface area contributed by atoms with Crippen LogP contribution in [0.1, 0.15) is 32.1 Å². The molecule has 0 radical (unpaired) electrons. The highest BCUT2D eigenvalue weighted by molar-refractivity contribution is 7.99. The Labute approximate surface area is 102 Å². The first-order valence-corrected chi connectivity index (χ1v) is 7.84. The monoisotopic (exact) mass is 239 g/mol. The van der Waals surface area contributed by atoms with Crippen LogP contribution in [0, 0.1) is 17.8 Å². The summed E-state index contributed by atoms with van der Waals surface area (Å²) in [5.41, 5.74) is 0. The Morgan fingerprint density at radius 3 is 2.62 bits per heavy atom. The summed E-state index contributed by atoms with van der Waals surface area (Å²) in [4.78, 5) is 14.2. The van der Waals surface area contributed by atoms with Crippen molar-refractivity contribution in [3.63, 3.8) is 0 Å². The third-order valence-electron chi connectivity index (χ3n) is 4.69. The van der Waals surface area contributed by atoms with Crippen molar-refractivity contribution in [1.82, 2.24) is 4.90 Å². The summed E-state index contributed by atoms with van der Waals surface area (Å²) in [6, 6.07) is 0. The van der Waals surface area contributed by atoms with E-state index in [4.69, 9.17) is 0 Å². The predicted octanol–water partition coefficient (Wildman–Crippen LogP) is 2.39. The van der Waals surface area contributed by atoms with Gasteiger partial charge in [-0.2, -0.15) is 11.8 Å². The van der Waals surface area contributed by atoms with Crippen LogP contribution < -0.4 is 0 Å². The maximum Gasteiger partial charge on any atom is 0.222 e. The van der Waals surface area contributed by atoms with Crippen LogP contribution in [0.25, 0.3) is 0 Å². The molecule has 90 valence electrons. The fourth-order valence-electron chi connectivity index (χ4n) is 3.79. The lowest BCUT2D eigenvalue weighted by molar-refractivity contribution is -0.132. The first kappa shape index (κ1) is 10.9. The van der Waals surface area contributed by atoms with Crippen LogP contribution in [0.3, 0.4) is 0 Å². The third-order valence-corrected chi connectivity index (χ3v) is 5.63. The first-order chi connectivity index (χ1) is 7.83. The van der Waals surface area contributed by atoms with E-state index in [1.165, 1.54) is 25.7 Å². The fraction of sp³-hybridized carbons (Fsp3) is 0.923. The van der Waals surface area contributed by atoms with Gasteiger partial charge in [-0.25, -0.2) is 0 Å². The van der Waals surface area contributed by atoms with Crippen LogP contribution in [0.15, 0.2) is 0 Å². The minimum absolute atomic E-state index is 0.442. The summed E-state index contributed by atoms with van der Waals surface area (Å²) in [7, 11) is 0. The van der Waals surface area contributed by atoms with Gasteiger partial charge in [0.05, 0.1) is 0 Å². The Morgan fingerprint density at radius 1 is 1.19 bits per heavy atom. The van der Waals surface area contributed by atoms with E-state index < -0.39 is 0 Å². The zero-order valence-corrected chi connectivity index (χ0v) is 10.7. The molecule has 3 rings (SSSR count). The van der Waals surface area contributed by atoms with Crippen LogP contribution >= 0.6 is 11.8 Å². The van der Waals surface area contributed by atoms with Gasteiger partial charge in [-0.05, 0) is 37.0 Å². The van der Waals surface area contributed by atoms with E-state index in [0.717, 1.165) is 48.8 Å². The summed E-state index contributed by atoms with van der Waals surface area (Å²) in [5.74, 6) is 5.33. The second-order valence-electron chi connectivity index (χ2n) is 5.63. The summed E-state index contributed by atoms with van der Waals surface area (Å²) in [6.45, 7) is 1.98. The fourth-order valence-corrected chi connectivity index (χ4v) is 4.70. The molecular formula is C13H21NOS. The van der Waals surface area contributed by atoms with Gasteiger partial charge >= 0.3 is 0 Å². The first-order valence-electron chi connectivity index (χ1n) is 6.68. The highest BCUT2D eigenvalue weighted by Crippen LogP contribution is 2.49. The molecule has 1 aliphatic heterocycles. The van der Waals surface area contributed by atoms with E-state index in [2.05, 4.69) is 4.90 Å². The molecule has 0 aromatic rings. The minimum Gasteiger partial charge on any atom is -0.341 e. The lowest BCUT2D eigenvalue weighted by atomic mass is 9.86. The van der Waals surface area contributed by atoms with Gasteiger partial charge < -0.3 is 4.90 Å². The predicted molar refractivity (Wildman–Crippen MR) is 67.5 cm³/mol. The topological polar surface area (TPSA) is 20.3 Å². The van der Waals surface area contributed by atoms with Crippen LogP contribution in [-0.2, 0) is 4.79 Å². The van der Waals surface area contributed by atoms with E-state index in [0.29, 0.717) is 5.91 Å². The Balaban J connectivity index is 1.52. The average molecular weight is 239 g/mol. The summed E-state index contributed by atoms with van der Waals surface area (Å²) < 4.78 is 0. The van der Waals surface area contributed by atoms with Crippen molar-refractivity contribution in [3.8, 4) is 0 Å². The molecule has 2 saturated carbocycles. The van der Waals surface area contributed by atoms with Crippen LogP contribution in [0.4, 0.5) is 0 Å². The molecule has 2 aliphatic carbocycles. The molecule has 3 aliphatic rings. The maximum atomic E-state index is 12.1. The SMILES string of the molecule is O=C(CC1CC2CCC1C2)N1CCSCC1. The number of nitrogens with zero attached hydrogens (tertiary/aromatic N) is 1. The van der Waals surface area contributed by atoms with E-state index >= 15 is 0 Å². The van der Waals surface area contributed by atoms with Gasteiger partial charge in [0.15, 0.2) is 0 Å². The Bertz CT molecular complexity index is 275. The number of amides is 1. The quantitative estimate of drug-likeness (QED) is 0.737. The number of rotatable bonds is 2. The molecule has 3 fully saturated rings. The molecule has 2 bridgehead atoms. The molecule has 3 unspecified atom stereocenters. The largest absolute Gasteiger partial charge is 0.341 e. The molecule has 0 aromatic heterocycles. The van der Waals surface area contributed by atoms with Crippen molar-refractivity contribution in [2.24, 2.45) is 17.8 Å². The van der Waals surface area contributed by atoms with E-state index in [9.17, 15) is 4.79 Å². The van der Waals surface area contributed by atoms with Gasteiger partial charge in [0.2, 0.25) is 5.91 Å². The average Bonchev–Trinajstić information content (AvgIpc) is 2.92. The lowest BCUT2D eigenvalue weighted by Crippen LogP contribution is -2.39. The number of fused-ring (bicyclic) bond motifs is 2. The van der Waals surface area contributed by atoms with Crippen molar-refractivity contribution in [2.45, 2.75) is 32.1 Å². The second-order valence-corrected chi connectivity index (χ2v) is 6.86. The van der Waals surface area contributed by atoms with Gasteiger partial charge in [0, 0.05) is 31.0 Å². The van der Waals surface area contributed by atoms with Crippen LogP contribution in [0.2, 0.25) is 0 Å². The van der Waals surface area contributed by atoms with Crippen molar-refractivity contribution >= 4 is 17.7 Å². The zero-order valence-electron chi connectivity index (χ0n) is 9.86. The van der Waals surface area contributed by atoms with Crippen molar-refractivity contribution < 1.29 is 4.79 Å². The van der Waals surface area contributed by atoms with Crippen molar-refractivity contribution in [3.05, 3.63) is 0 Å². The molecular weight excluding hydrogens is 218 g/mol. The smallest absolute Gasteiger partial charge is 0.222 e. The summed E-state index contributed by atoms with van der Waals surface area (Å²) >= 11 is 1.98. The summed E-state index contributed by atoms with van der Waals surface area (Å²) in [5, 5.41) is 0. The molecule has 0 N–H and O–H groups in total. The number of hydrogen-bond acceptors (Lipinski definition) is 2. The Morgan fingerprint density at radius 2 is 2.00 bits per heavy atom. The Hall–Kier alpha value is -0.180. The molecule has 1 heterocycles. The normalized spacial score (nSPS) is 38.0. The number of hydrogen-bond donors (Lipinski definition) is 0. The van der Waals surface area contributed by atoms with Crippen LogP contribution in [0.5, 0.6) is 0 Å². The molecule has 3 heteroatoms. The van der Waals surface area contributed by atoms with Gasteiger partial charge in [0.1, 0.15) is 0 Å². The summed E-state index contributed by atoms with van der Waals surface area (Å²) in [6.07, 6.45) is 6.47. The molecule has 0 spiro atoms. The van der Waals surface area contributed by atoms with Gasteiger partial charge in [-0.1, -0.05) is 6.42 Å². The molecule has 0 aromatic carbocycles. The van der Waals surface area contributed by atoms with Gasteiger partial charge in [0.25, 0.3) is 0 Å². The number of carbonyl (C=O) groups excluding carboxylic acids is 1. The highest BCUT2D eigenvalue weighted by atomic mass is 32.2. The van der Waals surface area contributed by atoms with Crippen LogP contribution in [-0.4, -0.2) is 35.4 Å². The number of thioether (sulfide) groups is 1. The zero-order chi connectivity index (χ0) is 11.0. The lowest BCUT2D eigenvalue weighted by Gasteiger charge is -2.29. The molecule has 1 amide bonds.